The molecular weight excluding hydrogens is 178 g/mol. The molecule has 3 nitrogen and oxygen atoms in total. The third-order valence-electron chi connectivity index (χ3n) is 3.42. The normalized spacial score (nSPS) is 39.1. The second-order valence-corrected chi connectivity index (χ2v) is 4.23. The van der Waals surface area contributed by atoms with Crippen molar-refractivity contribution in [3.05, 3.63) is 24.3 Å². The first kappa shape index (κ1) is 7.97. The molecule has 72 valence electrons. The summed E-state index contributed by atoms with van der Waals surface area (Å²) in [7, 11) is 0. The molecule has 0 spiro atoms. The van der Waals surface area contributed by atoms with E-state index in [1.807, 2.05) is 0 Å². The number of allylic oxidation sites excluding steroid dienone is 1. The molecule has 3 atom stereocenters. The van der Waals surface area contributed by atoms with Crippen LogP contribution in [0.4, 0.5) is 0 Å². The van der Waals surface area contributed by atoms with Crippen LogP contribution in [0.15, 0.2) is 24.3 Å². The first-order valence-electron chi connectivity index (χ1n) is 4.99. The van der Waals surface area contributed by atoms with Crippen molar-refractivity contribution < 1.29 is 9.59 Å². The summed E-state index contributed by atoms with van der Waals surface area (Å²) in [4.78, 5) is 24.3. The molecule has 3 aliphatic rings. The van der Waals surface area contributed by atoms with Gasteiger partial charge in [-0.25, -0.2) is 0 Å². The molecule has 0 radical (unpaired) electrons. The quantitative estimate of drug-likeness (QED) is 0.453. The topological polar surface area (TPSA) is 37.4 Å². The Bertz CT molecular complexity index is 351. The van der Waals surface area contributed by atoms with Crippen molar-refractivity contribution in [3.8, 4) is 0 Å². The van der Waals surface area contributed by atoms with Gasteiger partial charge in [-0.3, -0.25) is 14.5 Å². The lowest BCUT2D eigenvalue weighted by Gasteiger charge is -2.27. The number of fused-ring (bicyclic) bond motifs is 2. The number of imide groups is 1. The molecule has 3 rings (SSSR count). The maximum absolute atomic E-state index is 11.4. The van der Waals surface area contributed by atoms with Gasteiger partial charge in [0.1, 0.15) is 0 Å². The van der Waals surface area contributed by atoms with E-state index in [4.69, 9.17) is 0 Å². The van der Waals surface area contributed by atoms with Crippen molar-refractivity contribution in [3.63, 3.8) is 0 Å². The minimum Gasteiger partial charge on any atom is -0.272 e. The van der Waals surface area contributed by atoms with Crippen LogP contribution < -0.4 is 0 Å². The Balaban J connectivity index is 1.87. The lowest BCUT2D eigenvalue weighted by Crippen LogP contribution is -2.42. The number of carbonyl (C=O) groups is 2. The molecule has 1 aliphatic heterocycles. The summed E-state index contributed by atoms with van der Waals surface area (Å²) in [6.45, 7) is 0. The summed E-state index contributed by atoms with van der Waals surface area (Å²) in [6.07, 6.45) is 9.18. The smallest absolute Gasteiger partial charge is 0.253 e. The van der Waals surface area contributed by atoms with Crippen LogP contribution in [0.5, 0.6) is 0 Å². The Morgan fingerprint density at radius 1 is 1.07 bits per heavy atom. The van der Waals surface area contributed by atoms with Gasteiger partial charge in [0.05, 0.1) is 0 Å². The standard InChI is InChI=1S/C11H11NO2/c13-10-3-4-11(14)12(10)9-6-7-1-2-8(9)5-7/h1-4,7-9H,5-6H2. The van der Waals surface area contributed by atoms with E-state index < -0.39 is 0 Å². The molecule has 0 N–H and O–H groups in total. The lowest BCUT2D eigenvalue weighted by atomic mass is 10.0. The lowest BCUT2D eigenvalue weighted by molar-refractivity contribution is -0.140. The fraction of sp³-hybridized carbons (Fsp3) is 0.455. The van der Waals surface area contributed by atoms with E-state index in [0.717, 1.165) is 12.8 Å². The maximum Gasteiger partial charge on any atom is 0.253 e. The first-order valence-corrected chi connectivity index (χ1v) is 4.99. The van der Waals surface area contributed by atoms with Gasteiger partial charge in [-0.1, -0.05) is 12.2 Å². The molecule has 3 heteroatoms. The van der Waals surface area contributed by atoms with E-state index >= 15 is 0 Å². The predicted molar refractivity (Wildman–Crippen MR) is 50.1 cm³/mol. The van der Waals surface area contributed by atoms with Crippen LogP contribution in [0, 0.1) is 11.8 Å². The molecule has 0 saturated heterocycles. The van der Waals surface area contributed by atoms with E-state index in [-0.39, 0.29) is 17.9 Å². The van der Waals surface area contributed by atoms with Crippen LogP contribution in [0.3, 0.4) is 0 Å². The van der Waals surface area contributed by atoms with Crippen LogP contribution in [-0.4, -0.2) is 22.8 Å². The Labute approximate surface area is 82.1 Å². The molecule has 2 bridgehead atoms. The van der Waals surface area contributed by atoms with Crippen molar-refractivity contribution >= 4 is 11.8 Å². The minimum absolute atomic E-state index is 0.125. The van der Waals surface area contributed by atoms with E-state index in [0.29, 0.717) is 11.8 Å². The zero-order valence-corrected chi connectivity index (χ0v) is 7.72. The maximum atomic E-state index is 11.4. The molecule has 2 aliphatic carbocycles. The molecule has 1 saturated carbocycles. The summed E-state index contributed by atoms with van der Waals surface area (Å²) in [5.74, 6) is 0.723. The molecule has 3 unspecified atom stereocenters. The third kappa shape index (κ3) is 0.924. The number of rotatable bonds is 1. The number of hydrogen-bond acceptors (Lipinski definition) is 2. The van der Waals surface area contributed by atoms with Gasteiger partial charge in [0, 0.05) is 18.2 Å². The van der Waals surface area contributed by atoms with Gasteiger partial charge in [-0.15, -0.1) is 0 Å². The predicted octanol–water partition coefficient (Wildman–Crippen LogP) is 0.876. The average molecular weight is 189 g/mol. The monoisotopic (exact) mass is 189 g/mol. The zero-order chi connectivity index (χ0) is 9.71. The van der Waals surface area contributed by atoms with Crippen LogP contribution in [0.25, 0.3) is 0 Å². The van der Waals surface area contributed by atoms with Gasteiger partial charge in [0.25, 0.3) is 11.8 Å². The number of nitrogens with zero attached hydrogens (tertiary/aromatic N) is 1. The highest BCUT2D eigenvalue weighted by atomic mass is 16.2. The van der Waals surface area contributed by atoms with E-state index in [2.05, 4.69) is 12.2 Å². The molecule has 2 amide bonds. The fourth-order valence-corrected chi connectivity index (χ4v) is 2.79. The van der Waals surface area contributed by atoms with Crippen LogP contribution in [0.1, 0.15) is 12.8 Å². The van der Waals surface area contributed by atoms with Crippen molar-refractivity contribution in [2.75, 3.05) is 0 Å². The van der Waals surface area contributed by atoms with Crippen molar-refractivity contribution in [1.82, 2.24) is 4.90 Å². The first-order chi connectivity index (χ1) is 6.75. The van der Waals surface area contributed by atoms with Crippen LogP contribution in [-0.2, 0) is 9.59 Å². The highest BCUT2D eigenvalue weighted by Gasteiger charge is 2.43. The molecule has 0 aromatic rings. The SMILES string of the molecule is O=C1C=CC(=O)N1C1CC2C=CC1C2. The summed E-state index contributed by atoms with van der Waals surface area (Å²) >= 11 is 0. The molecular formula is C11H11NO2. The largest absolute Gasteiger partial charge is 0.272 e. The number of carbonyl (C=O) groups excluding carboxylic acids is 2. The van der Waals surface area contributed by atoms with Gasteiger partial charge < -0.3 is 0 Å². The zero-order valence-electron chi connectivity index (χ0n) is 7.72. The molecule has 1 heterocycles. The van der Waals surface area contributed by atoms with Gasteiger partial charge in [-0.05, 0) is 24.7 Å². The summed E-state index contributed by atoms with van der Waals surface area (Å²) in [6, 6.07) is 0.125. The second-order valence-electron chi connectivity index (χ2n) is 4.23. The van der Waals surface area contributed by atoms with E-state index in [1.165, 1.54) is 17.1 Å². The highest BCUT2D eigenvalue weighted by molar-refractivity contribution is 6.13. The van der Waals surface area contributed by atoms with Gasteiger partial charge in [0.2, 0.25) is 0 Å². The Kier molecular flexibility index (Phi) is 1.46. The van der Waals surface area contributed by atoms with E-state index in [9.17, 15) is 9.59 Å². The van der Waals surface area contributed by atoms with Crippen LogP contribution in [0.2, 0.25) is 0 Å². The number of hydrogen-bond donors (Lipinski definition) is 0. The summed E-state index contributed by atoms with van der Waals surface area (Å²) in [5.41, 5.74) is 0. The second kappa shape index (κ2) is 2.56. The van der Waals surface area contributed by atoms with E-state index in [1.54, 1.807) is 0 Å². The average Bonchev–Trinajstić information content (AvgIpc) is 2.81. The fourth-order valence-electron chi connectivity index (χ4n) is 2.79. The van der Waals surface area contributed by atoms with Crippen molar-refractivity contribution in [1.29, 1.82) is 0 Å². The van der Waals surface area contributed by atoms with Gasteiger partial charge >= 0.3 is 0 Å². The van der Waals surface area contributed by atoms with Crippen molar-refractivity contribution in [2.45, 2.75) is 18.9 Å². The number of amides is 2. The summed E-state index contributed by atoms with van der Waals surface area (Å²) < 4.78 is 0. The third-order valence-corrected chi connectivity index (χ3v) is 3.42. The van der Waals surface area contributed by atoms with Gasteiger partial charge in [0.15, 0.2) is 0 Å². The highest BCUT2D eigenvalue weighted by Crippen LogP contribution is 2.42. The Morgan fingerprint density at radius 3 is 2.29 bits per heavy atom. The minimum atomic E-state index is -0.138. The molecule has 0 aromatic heterocycles. The van der Waals surface area contributed by atoms with Crippen molar-refractivity contribution in [2.24, 2.45) is 11.8 Å². The molecule has 1 fully saturated rings. The summed E-state index contributed by atoms with van der Waals surface area (Å²) in [5, 5.41) is 0. The van der Waals surface area contributed by atoms with Gasteiger partial charge in [-0.2, -0.15) is 0 Å². The molecule has 14 heavy (non-hydrogen) atoms. The Hall–Kier alpha value is -1.38. The molecule has 0 aromatic carbocycles. The Morgan fingerprint density at radius 2 is 1.79 bits per heavy atom. The van der Waals surface area contributed by atoms with Crippen LogP contribution >= 0.6 is 0 Å².